The summed E-state index contributed by atoms with van der Waals surface area (Å²) in [5, 5.41) is 2.43. The number of piperidine rings is 1. The number of Topliss-reactive ketones (excluding diaryl/α,β-unsaturated/α-hetero) is 1. The number of amidine groups is 1. The Morgan fingerprint density at radius 2 is 1.89 bits per heavy atom. The summed E-state index contributed by atoms with van der Waals surface area (Å²) in [4.78, 5) is 28.9. The number of amides is 1. The first-order valence-electron chi connectivity index (χ1n) is 12.7. The molecule has 2 N–H and O–H groups in total. The highest BCUT2D eigenvalue weighted by Crippen LogP contribution is 2.47. The van der Waals surface area contributed by atoms with E-state index >= 15 is 0 Å². The van der Waals surface area contributed by atoms with Crippen LogP contribution in [-0.2, 0) is 34.4 Å². The summed E-state index contributed by atoms with van der Waals surface area (Å²) in [6, 6.07) is 3.74. The first-order valence-corrected chi connectivity index (χ1v) is 15.7. The first-order chi connectivity index (χ1) is 17.5. The van der Waals surface area contributed by atoms with Crippen molar-refractivity contribution in [2.24, 2.45) is 22.2 Å². The second-order valence-electron chi connectivity index (χ2n) is 11.0. The Hall–Kier alpha value is -2.51. The highest BCUT2D eigenvalue weighted by atomic mass is 32.2. The number of rotatable bonds is 7. The van der Waals surface area contributed by atoms with Crippen molar-refractivity contribution in [2.45, 2.75) is 74.3 Å². The number of fused-ring (bicyclic) bond motifs is 6. The lowest BCUT2D eigenvalue weighted by Crippen LogP contribution is -2.63. The van der Waals surface area contributed by atoms with Gasteiger partial charge in [0.15, 0.2) is 11.7 Å². The van der Waals surface area contributed by atoms with E-state index in [9.17, 15) is 26.4 Å². The number of nitrogens with one attached hydrogen (secondary N) is 2. The number of anilines is 2. The number of carbonyl (C=O) groups excluding carboxylic acids is 2. The van der Waals surface area contributed by atoms with Crippen LogP contribution in [0.5, 0.6) is 0 Å². The van der Waals surface area contributed by atoms with E-state index in [0.717, 1.165) is 19.3 Å². The summed E-state index contributed by atoms with van der Waals surface area (Å²) in [6.07, 6.45) is 2.95. The zero-order chi connectivity index (χ0) is 26.3. The van der Waals surface area contributed by atoms with Crippen LogP contribution in [0.3, 0.4) is 0 Å². The van der Waals surface area contributed by atoms with Crippen LogP contribution >= 0.6 is 0 Å². The number of hydrogen-bond acceptors (Lipinski definition) is 8. The lowest BCUT2D eigenvalue weighted by Gasteiger charge is -2.44. The van der Waals surface area contributed by atoms with Crippen LogP contribution in [0.2, 0.25) is 0 Å². The average Bonchev–Trinajstić information content (AvgIpc) is 3.49. The van der Waals surface area contributed by atoms with Gasteiger partial charge in [0.1, 0.15) is 10.7 Å². The SMILES string of the molecule is CC(C)CCN1C(=O)C(C2=NS(=O)(=O)c3cc(NS(=O)(=O)C4CC4)ccc3N2)C(=O)C2C3CCC(O3)C21. The molecule has 5 atom stereocenters. The van der Waals surface area contributed by atoms with Crippen molar-refractivity contribution in [3.8, 4) is 0 Å². The van der Waals surface area contributed by atoms with Gasteiger partial charge in [-0.05, 0) is 56.2 Å². The van der Waals surface area contributed by atoms with Crippen LogP contribution in [0.25, 0.3) is 0 Å². The standard InChI is InChI=1S/C24H30N4O7S2/c1-12(2)9-10-28-21-17-8-7-16(35-17)19(21)22(29)20(24(28)30)23-25-15-6-3-13(11-18(15)37(33,34)27-23)26-36(31,32)14-4-5-14/h3,6,11-12,14,16-17,19-21,26H,4-5,7-10H2,1-2H3,(H,25,27). The van der Waals surface area contributed by atoms with Gasteiger partial charge < -0.3 is 15.0 Å². The Labute approximate surface area is 216 Å². The lowest BCUT2D eigenvalue weighted by atomic mass is 9.73. The molecule has 200 valence electrons. The first kappa shape index (κ1) is 24.8. The van der Waals surface area contributed by atoms with Crippen molar-refractivity contribution >= 4 is 48.9 Å². The quantitative estimate of drug-likeness (QED) is 0.487. The topological polar surface area (TPSA) is 151 Å². The van der Waals surface area contributed by atoms with Crippen LogP contribution in [0.4, 0.5) is 11.4 Å². The van der Waals surface area contributed by atoms with E-state index in [1.807, 2.05) is 0 Å². The van der Waals surface area contributed by atoms with Gasteiger partial charge in [-0.15, -0.1) is 4.40 Å². The van der Waals surface area contributed by atoms with Crippen molar-refractivity contribution in [3.05, 3.63) is 18.2 Å². The summed E-state index contributed by atoms with van der Waals surface area (Å²) >= 11 is 0. The molecule has 3 saturated heterocycles. The molecule has 1 saturated carbocycles. The smallest absolute Gasteiger partial charge is 0.286 e. The van der Waals surface area contributed by atoms with Crippen LogP contribution < -0.4 is 10.0 Å². The fourth-order valence-electron chi connectivity index (χ4n) is 5.93. The largest absolute Gasteiger partial charge is 0.372 e. The average molecular weight is 551 g/mol. The Morgan fingerprint density at radius 3 is 2.59 bits per heavy atom. The normalized spacial score (nSPS) is 32.1. The molecule has 1 amide bonds. The van der Waals surface area contributed by atoms with Crippen LogP contribution in [-0.4, -0.2) is 69.3 Å². The molecule has 4 fully saturated rings. The summed E-state index contributed by atoms with van der Waals surface area (Å²) in [5.41, 5.74) is 0.251. The zero-order valence-corrected chi connectivity index (χ0v) is 22.2. The van der Waals surface area contributed by atoms with Gasteiger partial charge >= 0.3 is 0 Å². The number of likely N-dealkylation sites (tertiary alicyclic amines) is 1. The van der Waals surface area contributed by atoms with E-state index in [2.05, 4.69) is 28.3 Å². The molecule has 0 spiro atoms. The van der Waals surface area contributed by atoms with Gasteiger partial charge in [-0.1, -0.05) is 13.8 Å². The minimum atomic E-state index is -4.31. The third-order valence-corrected chi connectivity index (χ3v) is 11.1. The van der Waals surface area contributed by atoms with Gasteiger partial charge in [0, 0.05) is 12.2 Å². The molecule has 0 radical (unpaired) electrons. The maximum Gasteiger partial charge on any atom is 0.286 e. The summed E-state index contributed by atoms with van der Waals surface area (Å²) in [6.45, 7) is 4.57. The predicted octanol–water partition coefficient (Wildman–Crippen LogP) is 1.72. The van der Waals surface area contributed by atoms with Crippen molar-refractivity contribution in [3.63, 3.8) is 0 Å². The maximum absolute atomic E-state index is 13.7. The zero-order valence-electron chi connectivity index (χ0n) is 20.6. The maximum atomic E-state index is 13.7. The van der Waals surface area contributed by atoms with Gasteiger partial charge in [-0.3, -0.25) is 14.3 Å². The molecular weight excluding hydrogens is 520 g/mol. The van der Waals surface area contributed by atoms with Crippen molar-refractivity contribution in [2.75, 3.05) is 16.6 Å². The number of ether oxygens (including phenoxy) is 1. The van der Waals surface area contributed by atoms with E-state index in [4.69, 9.17) is 4.74 Å². The van der Waals surface area contributed by atoms with E-state index in [-0.39, 0.29) is 46.1 Å². The fourth-order valence-corrected chi connectivity index (χ4v) is 8.49. The molecule has 13 heteroatoms. The molecule has 5 aliphatic rings. The van der Waals surface area contributed by atoms with Crippen molar-refractivity contribution in [1.82, 2.24) is 4.90 Å². The Morgan fingerprint density at radius 1 is 1.16 bits per heavy atom. The molecule has 4 aliphatic heterocycles. The highest BCUT2D eigenvalue weighted by Gasteiger charge is 2.62. The minimum absolute atomic E-state index is 0.112. The third-order valence-electron chi connectivity index (χ3n) is 7.92. The third kappa shape index (κ3) is 4.15. The molecule has 1 aromatic carbocycles. The number of ketones is 1. The molecule has 1 aliphatic carbocycles. The molecule has 37 heavy (non-hydrogen) atoms. The van der Waals surface area contributed by atoms with Crippen LogP contribution in [0.1, 0.15) is 46.0 Å². The highest BCUT2D eigenvalue weighted by molar-refractivity contribution is 7.93. The van der Waals surface area contributed by atoms with Gasteiger partial charge in [0.2, 0.25) is 15.9 Å². The molecule has 0 aromatic heterocycles. The summed E-state index contributed by atoms with van der Waals surface area (Å²) in [5.74, 6) is -2.58. The summed E-state index contributed by atoms with van der Waals surface area (Å²) < 4.78 is 63.3. The molecule has 1 aromatic rings. The van der Waals surface area contributed by atoms with E-state index in [1.54, 1.807) is 4.90 Å². The second-order valence-corrected chi connectivity index (χ2v) is 14.5. The van der Waals surface area contributed by atoms with E-state index < -0.39 is 43.0 Å². The van der Waals surface area contributed by atoms with E-state index in [1.165, 1.54) is 18.2 Å². The van der Waals surface area contributed by atoms with Gasteiger partial charge in [0.05, 0.1) is 35.1 Å². The summed E-state index contributed by atoms with van der Waals surface area (Å²) in [7, 11) is -7.89. The molecule has 11 nitrogen and oxygen atoms in total. The fraction of sp³-hybridized carbons (Fsp3) is 0.625. The van der Waals surface area contributed by atoms with Crippen molar-refractivity contribution < 1.29 is 31.2 Å². The van der Waals surface area contributed by atoms with Gasteiger partial charge in [0.25, 0.3) is 10.0 Å². The Balaban J connectivity index is 1.32. The molecule has 5 unspecified atom stereocenters. The van der Waals surface area contributed by atoms with Crippen LogP contribution in [0.15, 0.2) is 27.5 Å². The molecule has 2 bridgehead atoms. The Bertz CT molecular complexity index is 1420. The van der Waals surface area contributed by atoms with Gasteiger partial charge in [-0.2, -0.15) is 8.42 Å². The van der Waals surface area contributed by atoms with Crippen LogP contribution in [0, 0.1) is 17.8 Å². The number of benzene rings is 1. The molecule has 6 rings (SSSR count). The number of nitrogens with zero attached hydrogens (tertiary/aromatic N) is 2. The van der Waals surface area contributed by atoms with Gasteiger partial charge in [-0.25, -0.2) is 8.42 Å². The second kappa shape index (κ2) is 8.50. The monoisotopic (exact) mass is 550 g/mol. The number of carbonyl (C=O) groups is 2. The molecule has 4 heterocycles. The lowest BCUT2D eigenvalue weighted by molar-refractivity contribution is -0.150. The number of sulfonamides is 2. The molecular formula is C24H30N4O7S2. The Kier molecular flexibility index (Phi) is 5.70. The van der Waals surface area contributed by atoms with Crippen molar-refractivity contribution in [1.29, 1.82) is 0 Å². The van der Waals surface area contributed by atoms with E-state index in [0.29, 0.717) is 25.3 Å². The number of hydrogen-bond donors (Lipinski definition) is 2. The minimum Gasteiger partial charge on any atom is -0.372 e. The predicted molar refractivity (Wildman–Crippen MR) is 135 cm³/mol.